The number of halogens is 1. The molecule has 0 amide bonds. The second-order valence-corrected chi connectivity index (χ2v) is 3.77. The van der Waals surface area contributed by atoms with E-state index in [1.54, 1.807) is 0 Å². The first-order chi connectivity index (χ1) is 5.81. The van der Waals surface area contributed by atoms with Crippen LogP contribution in [0.15, 0.2) is 24.3 Å². The van der Waals surface area contributed by atoms with Crippen LogP contribution >= 0.6 is 11.6 Å². The molecule has 1 aromatic rings. The summed E-state index contributed by atoms with van der Waals surface area (Å²) in [4.78, 5) is 0. The molecule has 1 aliphatic carbocycles. The largest absolute Gasteiger partial charge is 0.396 e. The van der Waals surface area contributed by atoms with E-state index in [1.807, 2.05) is 24.3 Å². The maximum Gasteiger partial charge on any atom is 0.0465 e. The fourth-order valence-corrected chi connectivity index (χ4v) is 1.69. The summed E-state index contributed by atoms with van der Waals surface area (Å²) in [6.45, 7) is 0.313. The number of rotatable bonds is 2. The molecule has 2 heteroatoms. The van der Waals surface area contributed by atoms with Gasteiger partial charge < -0.3 is 5.11 Å². The van der Waals surface area contributed by atoms with E-state index in [0.717, 1.165) is 11.4 Å². The molecule has 0 heterocycles. The van der Waals surface area contributed by atoms with Crippen LogP contribution in [0.25, 0.3) is 0 Å². The predicted molar refractivity (Wildman–Crippen MR) is 49.4 cm³/mol. The second kappa shape index (κ2) is 3.08. The summed E-state index contributed by atoms with van der Waals surface area (Å²) in [5.41, 5.74) is 1.30. The van der Waals surface area contributed by atoms with Crippen molar-refractivity contribution >= 4 is 11.6 Å². The molecule has 1 saturated carbocycles. The van der Waals surface area contributed by atoms with Gasteiger partial charge in [-0.2, -0.15) is 0 Å². The van der Waals surface area contributed by atoms with E-state index < -0.39 is 0 Å². The zero-order chi connectivity index (χ0) is 8.55. The van der Waals surface area contributed by atoms with Crippen molar-refractivity contribution in [2.45, 2.75) is 12.3 Å². The minimum absolute atomic E-state index is 0.313. The van der Waals surface area contributed by atoms with Gasteiger partial charge in [0.2, 0.25) is 0 Å². The van der Waals surface area contributed by atoms with Gasteiger partial charge in [0.15, 0.2) is 0 Å². The molecule has 2 atom stereocenters. The van der Waals surface area contributed by atoms with E-state index in [4.69, 9.17) is 16.7 Å². The number of aliphatic hydroxyl groups is 1. The topological polar surface area (TPSA) is 20.2 Å². The standard InChI is InChI=1S/C10H11ClO/c11-9-3-1-7(2-4-9)10-5-8(10)6-12/h1-4,8,10,12H,5-6H2/t8-,10+/m0/s1. The van der Waals surface area contributed by atoms with Gasteiger partial charge in [-0.05, 0) is 36.0 Å². The smallest absolute Gasteiger partial charge is 0.0465 e. The number of benzene rings is 1. The van der Waals surface area contributed by atoms with Crippen LogP contribution in [0, 0.1) is 5.92 Å². The lowest BCUT2D eigenvalue weighted by Crippen LogP contribution is -1.87. The summed E-state index contributed by atoms with van der Waals surface area (Å²) < 4.78 is 0. The first-order valence-corrected chi connectivity index (χ1v) is 4.55. The molecule has 0 radical (unpaired) electrons. The molecule has 1 N–H and O–H groups in total. The normalized spacial score (nSPS) is 27.2. The van der Waals surface area contributed by atoms with Crippen molar-refractivity contribution in [3.8, 4) is 0 Å². The van der Waals surface area contributed by atoms with E-state index in [-0.39, 0.29) is 0 Å². The van der Waals surface area contributed by atoms with Crippen LogP contribution < -0.4 is 0 Å². The Morgan fingerprint density at radius 3 is 2.50 bits per heavy atom. The average molecular weight is 183 g/mol. The molecule has 0 spiro atoms. The molecule has 1 aromatic carbocycles. The summed E-state index contributed by atoms with van der Waals surface area (Å²) in [5, 5.41) is 9.64. The van der Waals surface area contributed by atoms with Crippen LogP contribution in [0.4, 0.5) is 0 Å². The highest BCUT2D eigenvalue weighted by Gasteiger charge is 2.37. The van der Waals surface area contributed by atoms with Crippen molar-refractivity contribution in [2.24, 2.45) is 5.92 Å². The van der Waals surface area contributed by atoms with Crippen LogP contribution in [0.1, 0.15) is 17.9 Å². The average Bonchev–Trinajstić information content (AvgIpc) is 2.85. The Balaban J connectivity index is 2.10. The van der Waals surface area contributed by atoms with E-state index in [2.05, 4.69) is 0 Å². The second-order valence-electron chi connectivity index (χ2n) is 3.34. The van der Waals surface area contributed by atoms with Gasteiger partial charge in [-0.1, -0.05) is 23.7 Å². The molecule has 64 valence electrons. The van der Waals surface area contributed by atoms with Gasteiger partial charge in [-0.15, -0.1) is 0 Å². The van der Waals surface area contributed by atoms with Gasteiger partial charge in [-0.25, -0.2) is 0 Å². The van der Waals surface area contributed by atoms with Gasteiger partial charge in [0.25, 0.3) is 0 Å². The fraction of sp³-hybridized carbons (Fsp3) is 0.400. The lowest BCUT2D eigenvalue weighted by atomic mass is 10.1. The van der Waals surface area contributed by atoms with Crippen LogP contribution in [-0.4, -0.2) is 11.7 Å². The maximum absolute atomic E-state index is 8.87. The van der Waals surface area contributed by atoms with Gasteiger partial charge in [0.05, 0.1) is 0 Å². The Bertz CT molecular complexity index is 268. The molecule has 12 heavy (non-hydrogen) atoms. The highest BCUT2D eigenvalue weighted by molar-refractivity contribution is 6.30. The summed E-state index contributed by atoms with van der Waals surface area (Å²) in [5.74, 6) is 1.07. The highest BCUT2D eigenvalue weighted by atomic mass is 35.5. The third-order valence-electron chi connectivity index (χ3n) is 2.46. The van der Waals surface area contributed by atoms with E-state index in [1.165, 1.54) is 5.56 Å². The van der Waals surface area contributed by atoms with Crippen LogP contribution in [0.3, 0.4) is 0 Å². The van der Waals surface area contributed by atoms with Gasteiger partial charge >= 0.3 is 0 Å². The van der Waals surface area contributed by atoms with Crippen molar-refractivity contribution in [3.63, 3.8) is 0 Å². The molecule has 0 aromatic heterocycles. The molecule has 1 nitrogen and oxygen atoms in total. The van der Waals surface area contributed by atoms with Gasteiger partial charge in [0.1, 0.15) is 0 Å². The fourth-order valence-electron chi connectivity index (χ4n) is 1.57. The van der Waals surface area contributed by atoms with Gasteiger partial charge in [-0.3, -0.25) is 0 Å². The lowest BCUT2D eigenvalue weighted by molar-refractivity contribution is 0.274. The van der Waals surface area contributed by atoms with E-state index >= 15 is 0 Å². The lowest BCUT2D eigenvalue weighted by Gasteiger charge is -1.97. The van der Waals surface area contributed by atoms with E-state index in [9.17, 15) is 0 Å². The highest BCUT2D eigenvalue weighted by Crippen LogP contribution is 2.46. The molecule has 0 saturated heterocycles. The molecule has 2 rings (SSSR count). The Labute approximate surface area is 77.0 Å². The monoisotopic (exact) mass is 182 g/mol. The Morgan fingerprint density at radius 2 is 2.00 bits per heavy atom. The molecular weight excluding hydrogens is 172 g/mol. The van der Waals surface area contributed by atoms with Crippen molar-refractivity contribution < 1.29 is 5.11 Å². The zero-order valence-corrected chi connectivity index (χ0v) is 7.46. The van der Waals surface area contributed by atoms with Crippen molar-refractivity contribution in [1.82, 2.24) is 0 Å². The molecule has 0 unspecified atom stereocenters. The molecular formula is C10H11ClO. The number of hydrogen-bond donors (Lipinski definition) is 1. The third kappa shape index (κ3) is 1.47. The van der Waals surface area contributed by atoms with Crippen molar-refractivity contribution in [2.75, 3.05) is 6.61 Å². The summed E-state index contributed by atoms with van der Waals surface area (Å²) >= 11 is 5.76. The SMILES string of the molecule is OC[C@@H]1C[C@@H]1c1ccc(Cl)cc1. The summed E-state index contributed by atoms with van der Waals surface area (Å²) in [6, 6.07) is 7.90. The maximum atomic E-state index is 8.87. The molecule has 1 fully saturated rings. The Kier molecular flexibility index (Phi) is 2.07. The predicted octanol–water partition coefficient (Wildman–Crippen LogP) is 2.44. The molecule has 1 aliphatic rings. The zero-order valence-electron chi connectivity index (χ0n) is 6.70. The summed E-state index contributed by atoms with van der Waals surface area (Å²) in [7, 11) is 0. The quantitative estimate of drug-likeness (QED) is 0.745. The van der Waals surface area contributed by atoms with Crippen LogP contribution in [0.5, 0.6) is 0 Å². The first kappa shape index (κ1) is 8.09. The first-order valence-electron chi connectivity index (χ1n) is 4.17. The van der Waals surface area contributed by atoms with Crippen molar-refractivity contribution in [1.29, 1.82) is 0 Å². The van der Waals surface area contributed by atoms with E-state index in [0.29, 0.717) is 18.4 Å². The van der Waals surface area contributed by atoms with Gasteiger partial charge in [0, 0.05) is 11.6 Å². The van der Waals surface area contributed by atoms with Crippen molar-refractivity contribution in [3.05, 3.63) is 34.9 Å². The Hall–Kier alpha value is -0.530. The van der Waals surface area contributed by atoms with Crippen LogP contribution in [-0.2, 0) is 0 Å². The van der Waals surface area contributed by atoms with Crippen LogP contribution in [0.2, 0.25) is 5.02 Å². The molecule has 0 aliphatic heterocycles. The minimum atomic E-state index is 0.313. The third-order valence-corrected chi connectivity index (χ3v) is 2.71. The number of hydrogen-bond acceptors (Lipinski definition) is 1. The summed E-state index contributed by atoms with van der Waals surface area (Å²) in [6.07, 6.45) is 1.12. The Morgan fingerprint density at radius 1 is 1.33 bits per heavy atom. The minimum Gasteiger partial charge on any atom is -0.396 e. The number of aliphatic hydroxyl groups excluding tert-OH is 1. The molecule has 0 bridgehead atoms.